The summed E-state index contributed by atoms with van der Waals surface area (Å²) in [5, 5.41) is 2.63. The first kappa shape index (κ1) is 11.8. The monoisotopic (exact) mass is 244 g/mol. The average molecular weight is 244 g/mol. The summed E-state index contributed by atoms with van der Waals surface area (Å²) in [6.07, 6.45) is -4.32. The lowest BCUT2D eigenvalue weighted by Crippen LogP contribution is -2.27. The third kappa shape index (κ3) is 2.69. The molecule has 1 fully saturated rings. The molecule has 1 aromatic carbocycles. The van der Waals surface area contributed by atoms with Gasteiger partial charge in [0, 0.05) is 19.6 Å². The van der Waals surface area contributed by atoms with Crippen LogP contribution < -0.4 is 5.32 Å². The normalized spacial score (nSPS) is 16.2. The molecule has 2 rings (SSSR count). The fraction of sp³-hybridized carbons (Fsp3) is 0.364. The van der Waals surface area contributed by atoms with E-state index in [1.807, 2.05) is 0 Å². The molecule has 0 saturated carbocycles. The molecule has 0 aromatic heterocycles. The van der Waals surface area contributed by atoms with Gasteiger partial charge in [0.05, 0.1) is 5.56 Å². The second kappa shape index (κ2) is 4.27. The first-order valence-electron chi connectivity index (χ1n) is 5.16. The fourth-order valence-electron chi connectivity index (χ4n) is 1.68. The Balaban J connectivity index is 2.06. The van der Waals surface area contributed by atoms with Crippen molar-refractivity contribution < 1.29 is 18.0 Å². The van der Waals surface area contributed by atoms with Gasteiger partial charge in [-0.05, 0) is 17.7 Å². The lowest BCUT2D eigenvalue weighted by molar-refractivity contribution is -0.137. The molecule has 0 atom stereocenters. The van der Waals surface area contributed by atoms with Crippen LogP contribution in [0.15, 0.2) is 24.3 Å². The zero-order valence-corrected chi connectivity index (χ0v) is 8.92. The molecule has 1 aliphatic rings. The third-order valence-electron chi connectivity index (χ3n) is 2.60. The van der Waals surface area contributed by atoms with E-state index in [2.05, 4.69) is 5.32 Å². The maximum absolute atomic E-state index is 12.3. The number of urea groups is 1. The molecule has 0 spiro atoms. The maximum Gasteiger partial charge on any atom is 0.416 e. The molecule has 3 nitrogen and oxygen atoms in total. The van der Waals surface area contributed by atoms with Gasteiger partial charge in [-0.1, -0.05) is 12.1 Å². The molecular weight excluding hydrogens is 233 g/mol. The van der Waals surface area contributed by atoms with E-state index < -0.39 is 11.7 Å². The Morgan fingerprint density at radius 1 is 1.24 bits per heavy atom. The highest BCUT2D eigenvalue weighted by Crippen LogP contribution is 2.29. The topological polar surface area (TPSA) is 32.3 Å². The predicted octanol–water partition coefficient (Wildman–Crippen LogP) is 2.23. The molecule has 0 unspecified atom stereocenters. The number of hydrogen-bond donors (Lipinski definition) is 1. The van der Waals surface area contributed by atoms with Gasteiger partial charge < -0.3 is 10.2 Å². The number of benzene rings is 1. The highest BCUT2D eigenvalue weighted by atomic mass is 19.4. The highest BCUT2D eigenvalue weighted by Gasteiger charge is 2.30. The van der Waals surface area contributed by atoms with Crippen LogP contribution >= 0.6 is 0 Å². The summed E-state index contributed by atoms with van der Waals surface area (Å²) < 4.78 is 36.9. The van der Waals surface area contributed by atoms with Crippen LogP contribution in [-0.4, -0.2) is 24.0 Å². The van der Waals surface area contributed by atoms with E-state index in [1.54, 1.807) is 4.90 Å². The summed E-state index contributed by atoms with van der Waals surface area (Å²) in [4.78, 5) is 12.8. The minimum Gasteiger partial charge on any atom is -0.336 e. The first-order valence-corrected chi connectivity index (χ1v) is 5.16. The van der Waals surface area contributed by atoms with Crippen molar-refractivity contribution in [2.24, 2.45) is 0 Å². The van der Waals surface area contributed by atoms with Gasteiger partial charge in [-0.25, -0.2) is 4.79 Å². The zero-order chi connectivity index (χ0) is 12.5. The highest BCUT2D eigenvalue weighted by molar-refractivity contribution is 5.76. The van der Waals surface area contributed by atoms with Crippen molar-refractivity contribution in [2.75, 3.05) is 13.1 Å². The summed E-state index contributed by atoms with van der Waals surface area (Å²) in [7, 11) is 0. The largest absolute Gasteiger partial charge is 0.416 e. The van der Waals surface area contributed by atoms with Crippen molar-refractivity contribution in [1.29, 1.82) is 0 Å². The van der Waals surface area contributed by atoms with Crippen molar-refractivity contribution in [3.05, 3.63) is 35.4 Å². The van der Waals surface area contributed by atoms with Crippen LogP contribution in [0.4, 0.5) is 18.0 Å². The minimum atomic E-state index is -4.32. The summed E-state index contributed by atoms with van der Waals surface area (Å²) >= 11 is 0. The molecule has 2 amide bonds. The smallest absolute Gasteiger partial charge is 0.336 e. The molecule has 1 aromatic rings. The van der Waals surface area contributed by atoms with Gasteiger partial charge in [-0.3, -0.25) is 0 Å². The molecule has 0 aliphatic carbocycles. The Morgan fingerprint density at radius 3 is 2.35 bits per heavy atom. The van der Waals surface area contributed by atoms with E-state index >= 15 is 0 Å². The number of carbonyl (C=O) groups is 1. The Hall–Kier alpha value is -1.72. The number of rotatable bonds is 2. The number of hydrogen-bond acceptors (Lipinski definition) is 1. The van der Waals surface area contributed by atoms with Crippen LogP contribution in [0.25, 0.3) is 0 Å². The number of amides is 2. The molecule has 1 N–H and O–H groups in total. The van der Waals surface area contributed by atoms with E-state index in [0.29, 0.717) is 25.2 Å². The van der Waals surface area contributed by atoms with Gasteiger partial charge >= 0.3 is 12.2 Å². The summed E-state index contributed by atoms with van der Waals surface area (Å²) in [6.45, 7) is 1.50. The van der Waals surface area contributed by atoms with Gasteiger partial charge in [-0.15, -0.1) is 0 Å². The van der Waals surface area contributed by atoms with Crippen LogP contribution in [0.5, 0.6) is 0 Å². The van der Waals surface area contributed by atoms with Gasteiger partial charge in [0.2, 0.25) is 0 Å². The van der Waals surface area contributed by atoms with Crippen LogP contribution in [0, 0.1) is 0 Å². The number of alkyl halides is 3. The van der Waals surface area contributed by atoms with Crippen molar-refractivity contribution in [3.8, 4) is 0 Å². The second-order valence-electron chi connectivity index (χ2n) is 3.85. The molecule has 1 heterocycles. The Morgan fingerprint density at radius 2 is 1.88 bits per heavy atom. The predicted molar refractivity (Wildman–Crippen MR) is 55.3 cm³/mol. The average Bonchev–Trinajstić information content (AvgIpc) is 2.64. The van der Waals surface area contributed by atoms with Gasteiger partial charge in [0.25, 0.3) is 0 Å². The fourth-order valence-corrected chi connectivity index (χ4v) is 1.68. The second-order valence-corrected chi connectivity index (χ2v) is 3.85. The quantitative estimate of drug-likeness (QED) is 0.850. The van der Waals surface area contributed by atoms with Gasteiger partial charge in [0.1, 0.15) is 0 Å². The molecule has 0 bridgehead atoms. The Kier molecular flexibility index (Phi) is 2.95. The van der Waals surface area contributed by atoms with Crippen molar-refractivity contribution in [3.63, 3.8) is 0 Å². The van der Waals surface area contributed by atoms with E-state index in [-0.39, 0.29) is 6.03 Å². The van der Waals surface area contributed by atoms with Crippen LogP contribution in [0.1, 0.15) is 11.1 Å². The van der Waals surface area contributed by atoms with E-state index in [1.165, 1.54) is 12.1 Å². The van der Waals surface area contributed by atoms with Crippen LogP contribution in [0.2, 0.25) is 0 Å². The zero-order valence-electron chi connectivity index (χ0n) is 8.92. The lowest BCUT2D eigenvalue weighted by atomic mass is 10.1. The van der Waals surface area contributed by atoms with Crippen molar-refractivity contribution in [1.82, 2.24) is 10.2 Å². The molecule has 0 radical (unpaired) electrons. The number of halogens is 3. The molecule has 6 heteroatoms. The molecule has 1 aliphatic heterocycles. The SMILES string of the molecule is O=C1NCCN1Cc1ccc(C(F)(F)F)cc1. The number of nitrogens with zero attached hydrogens (tertiary/aromatic N) is 1. The summed E-state index contributed by atoms with van der Waals surface area (Å²) in [6, 6.07) is 4.68. The van der Waals surface area contributed by atoms with Gasteiger partial charge in [0.15, 0.2) is 0 Å². The molecule has 17 heavy (non-hydrogen) atoms. The Bertz CT molecular complexity index is 414. The van der Waals surface area contributed by atoms with Crippen molar-refractivity contribution >= 4 is 6.03 Å². The summed E-state index contributed by atoms with van der Waals surface area (Å²) in [5.41, 5.74) is 0.0159. The maximum atomic E-state index is 12.3. The van der Waals surface area contributed by atoms with Crippen LogP contribution in [-0.2, 0) is 12.7 Å². The van der Waals surface area contributed by atoms with Gasteiger partial charge in [-0.2, -0.15) is 13.2 Å². The standard InChI is InChI=1S/C11H11F3N2O/c12-11(13,14)9-3-1-8(2-4-9)7-16-6-5-15-10(16)17/h1-4H,5-7H2,(H,15,17). The Labute approximate surface area is 96.2 Å². The first-order chi connectivity index (χ1) is 7.97. The van der Waals surface area contributed by atoms with Crippen LogP contribution in [0.3, 0.4) is 0 Å². The number of nitrogens with one attached hydrogen (secondary N) is 1. The number of carbonyl (C=O) groups excluding carboxylic acids is 1. The lowest BCUT2D eigenvalue weighted by Gasteiger charge is -2.14. The third-order valence-corrected chi connectivity index (χ3v) is 2.60. The molecule has 1 saturated heterocycles. The summed E-state index contributed by atoms with van der Waals surface area (Å²) in [5.74, 6) is 0. The minimum absolute atomic E-state index is 0.176. The van der Waals surface area contributed by atoms with E-state index in [9.17, 15) is 18.0 Å². The van der Waals surface area contributed by atoms with E-state index in [0.717, 1.165) is 12.1 Å². The van der Waals surface area contributed by atoms with E-state index in [4.69, 9.17) is 0 Å². The molecule has 92 valence electrons. The van der Waals surface area contributed by atoms with Crippen molar-refractivity contribution in [2.45, 2.75) is 12.7 Å². The molecular formula is C11H11F3N2O.